The molecule has 8 nitrogen and oxygen atoms in total. The lowest BCUT2D eigenvalue weighted by Crippen LogP contribution is -2.27. The topological polar surface area (TPSA) is 82.0 Å². The molecule has 2 aliphatic rings. The van der Waals surface area contributed by atoms with Crippen LogP contribution < -0.4 is 24.4 Å². The zero-order valence-electron chi connectivity index (χ0n) is 20.5. The van der Waals surface area contributed by atoms with Crippen LogP contribution in [0.15, 0.2) is 71.8 Å². The first-order valence-corrected chi connectivity index (χ1v) is 13.4. The van der Waals surface area contributed by atoms with Crippen molar-refractivity contribution < 1.29 is 23.8 Å². The Kier molecular flexibility index (Phi) is 6.68. The predicted octanol–water partition coefficient (Wildman–Crippen LogP) is 6.08. The van der Waals surface area contributed by atoms with Crippen molar-refractivity contribution in [3.8, 4) is 17.2 Å². The molecular weight excluding hydrogens is 558 g/mol. The highest BCUT2D eigenvalue weighted by molar-refractivity contribution is 8.27. The summed E-state index contributed by atoms with van der Waals surface area (Å²) in [5.41, 5.74) is 2.84. The molecule has 0 unspecified atom stereocenters. The number of fused-ring (bicyclic) bond motifs is 2. The molecule has 0 aliphatic carbocycles. The summed E-state index contributed by atoms with van der Waals surface area (Å²) in [5, 5.41) is 4.20. The molecule has 39 heavy (non-hydrogen) atoms. The number of carbonyl (C=O) groups excluding carboxylic acids is 2. The van der Waals surface area contributed by atoms with E-state index in [0.29, 0.717) is 42.9 Å². The zero-order valence-corrected chi connectivity index (χ0v) is 22.9. The van der Waals surface area contributed by atoms with Gasteiger partial charge in [0.2, 0.25) is 12.7 Å². The third-order valence-electron chi connectivity index (χ3n) is 6.26. The van der Waals surface area contributed by atoms with Crippen LogP contribution in [-0.2, 0) is 16.1 Å². The van der Waals surface area contributed by atoms with Crippen molar-refractivity contribution >= 4 is 80.1 Å². The maximum Gasteiger partial charge on any atom is 0.270 e. The minimum atomic E-state index is -0.247. The molecule has 1 saturated heterocycles. The molecule has 0 radical (unpaired) electrons. The fourth-order valence-electron chi connectivity index (χ4n) is 4.48. The number of thiocarbonyl (C=S) groups is 1. The van der Waals surface area contributed by atoms with Crippen molar-refractivity contribution in [1.82, 2.24) is 4.57 Å². The number of aromatic nitrogens is 1. The Bertz CT molecular complexity index is 1700. The van der Waals surface area contributed by atoms with E-state index in [1.807, 2.05) is 35.0 Å². The number of nitrogens with one attached hydrogen (secondary N) is 1. The number of amides is 2. The van der Waals surface area contributed by atoms with Crippen LogP contribution in [0.3, 0.4) is 0 Å². The van der Waals surface area contributed by atoms with Crippen LogP contribution in [-0.4, -0.2) is 34.6 Å². The average molecular weight is 578 g/mol. The monoisotopic (exact) mass is 577 g/mol. The lowest BCUT2D eigenvalue weighted by atomic mass is 10.1. The summed E-state index contributed by atoms with van der Waals surface area (Å²) in [6.07, 6.45) is 3.67. The van der Waals surface area contributed by atoms with E-state index in [2.05, 4.69) is 5.32 Å². The first-order valence-electron chi connectivity index (χ1n) is 11.8. The fourth-order valence-corrected chi connectivity index (χ4v) is 6.02. The summed E-state index contributed by atoms with van der Waals surface area (Å²) in [6, 6.07) is 18.1. The minimum absolute atomic E-state index is 0.0775. The third kappa shape index (κ3) is 4.82. The van der Waals surface area contributed by atoms with Gasteiger partial charge in [0, 0.05) is 34.4 Å². The molecule has 0 bridgehead atoms. The van der Waals surface area contributed by atoms with Gasteiger partial charge in [-0.25, -0.2) is 0 Å². The predicted molar refractivity (Wildman–Crippen MR) is 157 cm³/mol. The number of para-hydroxylation sites is 1. The van der Waals surface area contributed by atoms with E-state index in [9.17, 15) is 9.59 Å². The second kappa shape index (κ2) is 10.3. The van der Waals surface area contributed by atoms with Crippen molar-refractivity contribution in [3.05, 3.63) is 82.4 Å². The quantitative estimate of drug-likeness (QED) is 0.220. The van der Waals surface area contributed by atoms with Crippen LogP contribution in [0.5, 0.6) is 17.2 Å². The van der Waals surface area contributed by atoms with Gasteiger partial charge in [0.25, 0.3) is 5.91 Å². The molecule has 196 valence electrons. The molecule has 0 atom stereocenters. The number of thioether (sulfide) groups is 1. The summed E-state index contributed by atoms with van der Waals surface area (Å²) in [6.45, 7) is 0.242. The van der Waals surface area contributed by atoms with Gasteiger partial charge in [0.05, 0.1) is 22.7 Å². The molecule has 3 heterocycles. The van der Waals surface area contributed by atoms with E-state index in [1.165, 1.54) is 23.8 Å². The highest BCUT2D eigenvalue weighted by Gasteiger charge is 2.34. The van der Waals surface area contributed by atoms with Gasteiger partial charge in [0.15, 0.2) is 15.8 Å². The van der Waals surface area contributed by atoms with E-state index < -0.39 is 0 Å². The Hall–Kier alpha value is -3.99. The standard InChI is InChI=1S/C28H20ClN3O5S2/c1-35-22-9-7-18(12-20(22)29)32-27(34)25(39-28(32)38)10-16-13-31(21-5-3-2-4-19(16)21)14-26(33)30-17-6-8-23-24(11-17)37-15-36-23/h2-13H,14-15H2,1H3,(H,30,33)/b25-10-. The second-order valence-electron chi connectivity index (χ2n) is 8.68. The summed E-state index contributed by atoms with van der Waals surface area (Å²) >= 11 is 13.0. The van der Waals surface area contributed by atoms with Gasteiger partial charge in [-0.15, -0.1) is 0 Å². The molecule has 0 spiro atoms. The number of benzene rings is 3. The van der Waals surface area contributed by atoms with Gasteiger partial charge in [-0.05, 0) is 42.5 Å². The number of halogens is 1. The molecule has 11 heteroatoms. The largest absolute Gasteiger partial charge is 0.495 e. The van der Waals surface area contributed by atoms with E-state index in [-0.39, 0.29) is 25.2 Å². The zero-order chi connectivity index (χ0) is 27.1. The second-order valence-corrected chi connectivity index (χ2v) is 10.8. The Balaban J connectivity index is 1.26. The molecule has 1 fully saturated rings. The third-order valence-corrected chi connectivity index (χ3v) is 7.86. The number of hydrogen-bond acceptors (Lipinski definition) is 7. The van der Waals surface area contributed by atoms with Crippen molar-refractivity contribution in [2.75, 3.05) is 24.1 Å². The molecule has 2 aliphatic heterocycles. The number of methoxy groups -OCH3 is 1. The molecule has 1 N–H and O–H groups in total. The van der Waals surface area contributed by atoms with E-state index in [4.69, 9.17) is 38.0 Å². The summed E-state index contributed by atoms with van der Waals surface area (Å²) in [4.78, 5) is 28.2. The fraction of sp³-hybridized carbons (Fsp3) is 0.107. The van der Waals surface area contributed by atoms with Crippen LogP contribution in [0.2, 0.25) is 5.02 Å². The minimum Gasteiger partial charge on any atom is -0.495 e. The lowest BCUT2D eigenvalue weighted by molar-refractivity contribution is -0.116. The van der Waals surface area contributed by atoms with Gasteiger partial charge < -0.3 is 24.1 Å². The van der Waals surface area contributed by atoms with Crippen LogP contribution in [0.25, 0.3) is 17.0 Å². The van der Waals surface area contributed by atoms with Crippen LogP contribution in [0.1, 0.15) is 5.56 Å². The first-order chi connectivity index (χ1) is 18.9. The Morgan fingerprint density at radius 2 is 1.97 bits per heavy atom. The first kappa shape index (κ1) is 25.3. The van der Waals surface area contributed by atoms with Crippen molar-refractivity contribution in [3.63, 3.8) is 0 Å². The molecule has 4 aromatic rings. The highest BCUT2D eigenvalue weighted by atomic mass is 35.5. The van der Waals surface area contributed by atoms with E-state index in [0.717, 1.165) is 16.5 Å². The maximum atomic E-state index is 13.4. The Morgan fingerprint density at radius 1 is 1.15 bits per heavy atom. The van der Waals surface area contributed by atoms with E-state index in [1.54, 1.807) is 42.5 Å². The summed E-state index contributed by atoms with van der Waals surface area (Å²) < 4.78 is 18.2. The molecular formula is C28H20ClN3O5S2. The van der Waals surface area contributed by atoms with Crippen molar-refractivity contribution in [2.45, 2.75) is 6.54 Å². The Labute approximate surface area is 238 Å². The van der Waals surface area contributed by atoms with Crippen LogP contribution >= 0.6 is 35.6 Å². The van der Waals surface area contributed by atoms with Crippen LogP contribution in [0.4, 0.5) is 11.4 Å². The molecule has 0 saturated carbocycles. The molecule has 2 amide bonds. The lowest BCUT2D eigenvalue weighted by Gasteiger charge is -2.15. The summed E-state index contributed by atoms with van der Waals surface area (Å²) in [5.74, 6) is 1.30. The van der Waals surface area contributed by atoms with Gasteiger partial charge in [0.1, 0.15) is 12.3 Å². The number of anilines is 2. The van der Waals surface area contributed by atoms with Gasteiger partial charge in [-0.3, -0.25) is 14.5 Å². The van der Waals surface area contributed by atoms with Gasteiger partial charge >= 0.3 is 0 Å². The maximum absolute atomic E-state index is 13.4. The Morgan fingerprint density at radius 3 is 2.79 bits per heavy atom. The summed E-state index contributed by atoms with van der Waals surface area (Å²) in [7, 11) is 1.53. The van der Waals surface area contributed by atoms with Gasteiger partial charge in [-0.2, -0.15) is 0 Å². The van der Waals surface area contributed by atoms with Crippen LogP contribution in [0, 0.1) is 0 Å². The van der Waals surface area contributed by atoms with E-state index >= 15 is 0 Å². The van der Waals surface area contributed by atoms with Crippen molar-refractivity contribution in [2.24, 2.45) is 0 Å². The highest BCUT2D eigenvalue weighted by Crippen LogP contribution is 2.39. The van der Waals surface area contributed by atoms with Gasteiger partial charge in [-0.1, -0.05) is 53.8 Å². The average Bonchev–Trinajstić information content (AvgIpc) is 3.60. The molecule has 6 rings (SSSR count). The number of carbonyl (C=O) groups is 2. The molecule has 3 aromatic carbocycles. The number of nitrogens with zero attached hydrogens (tertiary/aromatic N) is 2. The number of ether oxygens (including phenoxy) is 3. The smallest absolute Gasteiger partial charge is 0.270 e. The SMILES string of the molecule is COc1ccc(N2C(=O)/C(=C/c3cn(CC(=O)Nc4ccc5c(c4)OCO5)c4ccccc34)SC2=S)cc1Cl. The molecule has 1 aromatic heterocycles. The van der Waals surface area contributed by atoms with Crippen molar-refractivity contribution in [1.29, 1.82) is 0 Å². The number of rotatable bonds is 6. The normalized spacial score (nSPS) is 15.4. The number of hydrogen-bond donors (Lipinski definition) is 1.